The molecule has 0 saturated heterocycles. The van der Waals surface area contributed by atoms with Crippen molar-refractivity contribution >= 4 is 23.4 Å². The van der Waals surface area contributed by atoms with Crippen LogP contribution in [0, 0.1) is 0 Å². The standard InChI is InChI=1S/C24H30ClN3O2/c1-4-15-13-20-19(21(25)18(15)5-2)11-12-27-14-24(20,23(26)30)17-9-7-16(8-10-17)22(29)28-6-3/h7-10,13,27H,4-6,11-12,14H2,1-3H3,(H2,26,30)(H,28,29). The lowest BCUT2D eigenvalue weighted by Gasteiger charge is -2.33. The van der Waals surface area contributed by atoms with Crippen LogP contribution in [0.25, 0.3) is 0 Å². The third kappa shape index (κ3) is 3.72. The average Bonchev–Trinajstić information content (AvgIpc) is 2.94. The van der Waals surface area contributed by atoms with Gasteiger partial charge in [-0.3, -0.25) is 9.59 Å². The molecular weight excluding hydrogens is 398 g/mol. The molecular formula is C24H30ClN3O2. The minimum Gasteiger partial charge on any atom is -0.369 e. The minimum absolute atomic E-state index is 0.138. The molecule has 0 bridgehead atoms. The van der Waals surface area contributed by atoms with Crippen LogP contribution in [0.5, 0.6) is 0 Å². The van der Waals surface area contributed by atoms with Gasteiger partial charge in [-0.05, 0) is 72.7 Å². The largest absolute Gasteiger partial charge is 0.369 e. The predicted molar refractivity (Wildman–Crippen MR) is 121 cm³/mol. The number of hydrogen-bond acceptors (Lipinski definition) is 3. The molecule has 2 aromatic carbocycles. The molecule has 1 unspecified atom stereocenters. The molecule has 2 aromatic rings. The van der Waals surface area contributed by atoms with E-state index in [-0.39, 0.29) is 5.91 Å². The number of halogens is 1. The van der Waals surface area contributed by atoms with Gasteiger partial charge in [0.15, 0.2) is 0 Å². The molecule has 1 aliphatic rings. The summed E-state index contributed by atoms with van der Waals surface area (Å²) < 4.78 is 0. The monoisotopic (exact) mass is 427 g/mol. The van der Waals surface area contributed by atoms with E-state index in [1.807, 2.05) is 19.1 Å². The van der Waals surface area contributed by atoms with E-state index in [1.165, 1.54) is 0 Å². The molecule has 30 heavy (non-hydrogen) atoms. The second-order valence-electron chi connectivity index (χ2n) is 7.69. The quantitative estimate of drug-likeness (QED) is 0.662. The number of hydrogen-bond donors (Lipinski definition) is 3. The van der Waals surface area contributed by atoms with Crippen molar-refractivity contribution in [3.8, 4) is 0 Å². The Kier molecular flexibility index (Phi) is 6.84. The number of amides is 2. The highest BCUT2D eigenvalue weighted by molar-refractivity contribution is 6.32. The fraction of sp³-hybridized carbons (Fsp3) is 0.417. The Morgan fingerprint density at radius 2 is 1.87 bits per heavy atom. The van der Waals surface area contributed by atoms with Crippen molar-refractivity contribution in [2.24, 2.45) is 5.73 Å². The molecule has 2 amide bonds. The van der Waals surface area contributed by atoms with Crippen LogP contribution in [-0.4, -0.2) is 31.4 Å². The zero-order valence-electron chi connectivity index (χ0n) is 17.9. The van der Waals surface area contributed by atoms with Gasteiger partial charge in [0.1, 0.15) is 5.41 Å². The topological polar surface area (TPSA) is 84.2 Å². The van der Waals surface area contributed by atoms with E-state index in [9.17, 15) is 9.59 Å². The summed E-state index contributed by atoms with van der Waals surface area (Å²) in [7, 11) is 0. The van der Waals surface area contributed by atoms with Crippen LogP contribution in [0.3, 0.4) is 0 Å². The number of carbonyl (C=O) groups is 2. The molecule has 0 fully saturated rings. The van der Waals surface area contributed by atoms with E-state index >= 15 is 0 Å². The van der Waals surface area contributed by atoms with Crippen LogP contribution in [0.1, 0.15) is 58.9 Å². The predicted octanol–water partition coefficient (Wildman–Crippen LogP) is 3.13. The fourth-order valence-electron chi connectivity index (χ4n) is 4.49. The Morgan fingerprint density at radius 1 is 1.17 bits per heavy atom. The van der Waals surface area contributed by atoms with Crippen molar-refractivity contribution in [1.82, 2.24) is 10.6 Å². The Bertz CT molecular complexity index is 956. The van der Waals surface area contributed by atoms with Crippen LogP contribution >= 0.6 is 11.6 Å². The summed E-state index contributed by atoms with van der Waals surface area (Å²) in [6.45, 7) is 7.74. The summed E-state index contributed by atoms with van der Waals surface area (Å²) in [6, 6.07) is 9.28. The normalized spacial score (nSPS) is 18.4. The summed E-state index contributed by atoms with van der Waals surface area (Å²) in [4.78, 5) is 25.2. The number of nitrogens with two attached hydrogens (primary N) is 1. The van der Waals surface area contributed by atoms with E-state index < -0.39 is 11.3 Å². The van der Waals surface area contributed by atoms with Crippen LogP contribution in [0.4, 0.5) is 0 Å². The Labute approximate surface area is 183 Å². The van der Waals surface area contributed by atoms with Crippen molar-refractivity contribution in [2.45, 2.75) is 45.4 Å². The maximum absolute atomic E-state index is 13.0. The molecule has 0 radical (unpaired) electrons. The minimum atomic E-state index is -1.05. The molecule has 0 aliphatic carbocycles. The summed E-state index contributed by atoms with van der Waals surface area (Å²) in [5.74, 6) is -0.563. The van der Waals surface area contributed by atoms with Gasteiger partial charge >= 0.3 is 0 Å². The van der Waals surface area contributed by atoms with Crippen LogP contribution < -0.4 is 16.4 Å². The van der Waals surface area contributed by atoms with Crippen molar-refractivity contribution in [3.63, 3.8) is 0 Å². The Hall–Kier alpha value is -2.37. The highest BCUT2D eigenvalue weighted by Gasteiger charge is 2.44. The van der Waals surface area contributed by atoms with Gasteiger partial charge in [0.05, 0.1) is 0 Å². The number of carbonyl (C=O) groups excluding carboxylic acids is 2. The summed E-state index contributed by atoms with van der Waals surface area (Å²) in [6.07, 6.45) is 2.40. The first-order valence-corrected chi connectivity index (χ1v) is 11.0. The van der Waals surface area contributed by atoms with E-state index in [2.05, 4.69) is 30.5 Å². The van der Waals surface area contributed by atoms with Gasteiger partial charge in [-0.1, -0.05) is 43.6 Å². The molecule has 1 aliphatic heterocycles. The first-order valence-electron chi connectivity index (χ1n) is 10.6. The zero-order chi connectivity index (χ0) is 21.9. The molecule has 0 spiro atoms. The molecule has 3 rings (SSSR count). The molecule has 0 aromatic heterocycles. The molecule has 1 atom stereocenters. The van der Waals surface area contributed by atoms with Gasteiger partial charge in [0, 0.05) is 23.7 Å². The van der Waals surface area contributed by atoms with Gasteiger partial charge in [0.2, 0.25) is 5.91 Å². The summed E-state index contributed by atoms with van der Waals surface area (Å²) in [5, 5.41) is 6.93. The third-order valence-electron chi connectivity index (χ3n) is 6.10. The molecule has 1 heterocycles. The van der Waals surface area contributed by atoms with Gasteiger partial charge < -0.3 is 16.4 Å². The number of primary amides is 1. The highest BCUT2D eigenvalue weighted by atomic mass is 35.5. The van der Waals surface area contributed by atoms with Gasteiger partial charge in [-0.15, -0.1) is 0 Å². The smallest absolute Gasteiger partial charge is 0.251 e. The number of benzene rings is 2. The number of fused-ring (bicyclic) bond motifs is 1. The Balaban J connectivity index is 2.24. The fourth-order valence-corrected chi connectivity index (χ4v) is 4.94. The zero-order valence-corrected chi connectivity index (χ0v) is 18.7. The van der Waals surface area contributed by atoms with E-state index in [1.54, 1.807) is 12.1 Å². The first-order chi connectivity index (χ1) is 14.4. The maximum Gasteiger partial charge on any atom is 0.251 e. The lowest BCUT2D eigenvalue weighted by Crippen LogP contribution is -2.49. The molecule has 160 valence electrons. The van der Waals surface area contributed by atoms with Crippen molar-refractivity contribution < 1.29 is 9.59 Å². The molecule has 6 heteroatoms. The van der Waals surface area contributed by atoms with Crippen LogP contribution in [0.2, 0.25) is 5.02 Å². The lowest BCUT2D eigenvalue weighted by molar-refractivity contribution is -0.122. The van der Waals surface area contributed by atoms with Crippen LogP contribution in [0.15, 0.2) is 30.3 Å². The first kappa shape index (κ1) is 22.3. The van der Waals surface area contributed by atoms with Crippen molar-refractivity contribution in [2.75, 3.05) is 19.6 Å². The molecule has 0 saturated carbocycles. The number of aryl methyl sites for hydroxylation is 1. The second kappa shape index (κ2) is 9.19. The number of rotatable bonds is 6. The van der Waals surface area contributed by atoms with E-state index in [0.29, 0.717) is 25.2 Å². The van der Waals surface area contributed by atoms with Crippen molar-refractivity contribution in [1.29, 1.82) is 0 Å². The van der Waals surface area contributed by atoms with Gasteiger partial charge in [0.25, 0.3) is 5.91 Å². The lowest BCUT2D eigenvalue weighted by atomic mass is 9.71. The van der Waals surface area contributed by atoms with Crippen LogP contribution in [-0.2, 0) is 29.5 Å². The van der Waals surface area contributed by atoms with Gasteiger partial charge in [-0.25, -0.2) is 0 Å². The molecule has 5 nitrogen and oxygen atoms in total. The van der Waals surface area contributed by atoms with Crippen molar-refractivity contribution in [3.05, 3.63) is 68.7 Å². The van der Waals surface area contributed by atoms with E-state index in [0.717, 1.165) is 52.1 Å². The summed E-state index contributed by atoms with van der Waals surface area (Å²) in [5.41, 5.74) is 10.5. The second-order valence-corrected chi connectivity index (χ2v) is 8.07. The number of nitrogens with one attached hydrogen (secondary N) is 2. The average molecular weight is 428 g/mol. The SMILES string of the molecule is CCNC(=O)c1ccc(C2(C(N)=O)CNCCc3c2cc(CC)c(CC)c3Cl)cc1. The van der Waals surface area contributed by atoms with Gasteiger partial charge in [-0.2, -0.15) is 0 Å². The summed E-state index contributed by atoms with van der Waals surface area (Å²) >= 11 is 6.87. The van der Waals surface area contributed by atoms with E-state index in [4.69, 9.17) is 17.3 Å². The third-order valence-corrected chi connectivity index (χ3v) is 6.55. The molecule has 4 N–H and O–H groups in total. The Morgan fingerprint density at radius 3 is 2.43 bits per heavy atom. The highest BCUT2D eigenvalue weighted by Crippen LogP contribution is 2.41. The maximum atomic E-state index is 13.0.